The Morgan fingerprint density at radius 3 is 2.63 bits per heavy atom. The van der Waals surface area contributed by atoms with Gasteiger partial charge in [-0.15, -0.1) is 0 Å². The van der Waals surface area contributed by atoms with Crippen LogP contribution in [0, 0.1) is 0 Å². The Bertz CT molecular complexity index is 340. The van der Waals surface area contributed by atoms with Crippen molar-refractivity contribution in [2.45, 2.75) is 70.0 Å². The van der Waals surface area contributed by atoms with Crippen molar-refractivity contribution < 1.29 is 14.7 Å². The van der Waals surface area contributed by atoms with E-state index >= 15 is 0 Å². The van der Waals surface area contributed by atoms with E-state index in [9.17, 15) is 9.59 Å². The summed E-state index contributed by atoms with van der Waals surface area (Å²) in [6.45, 7) is 2.80. The number of aliphatic carboxylic acids is 1. The van der Waals surface area contributed by atoms with E-state index in [0.29, 0.717) is 12.6 Å². The van der Waals surface area contributed by atoms with Crippen molar-refractivity contribution in [2.75, 3.05) is 6.54 Å². The number of carbonyl (C=O) groups is 2. The summed E-state index contributed by atoms with van der Waals surface area (Å²) in [5.41, 5.74) is 0. The minimum atomic E-state index is -0.913. The summed E-state index contributed by atoms with van der Waals surface area (Å²) in [4.78, 5) is 25.4. The van der Waals surface area contributed by atoms with Gasteiger partial charge in [-0.05, 0) is 32.7 Å². The van der Waals surface area contributed by atoms with Crippen LogP contribution in [-0.2, 0) is 9.59 Å². The summed E-state index contributed by atoms with van der Waals surface area (Å²) in [5, 5.41) is 12.0. The molecule has 1 aliphatic heterocycles. The van der Waals surface area contributed by atoms with Gasteiger partial charge in [0.05, 0.1) is 12.5 Å². The molecular formula is C14H24N2O3. The van der Waals surface area contributed by atoms with Gasteiger partial charge in [0.1, 0.15) is 0 Å². The molecule has 5 nitrogen and oxygen atoms in total. The summed E-state index contributed by atoms with van der Waals surface area (Å²) in [5.74, 6) is -0.928. The Morgan fingerprint density at radius 2 is 2.00 bits per heavy atom. The molecule has 2 N–H and O–H groups in total. The predicted molar refractivity (Wildman–Crippen MR) is 71.8 cm³/mol. The van der Waals surface area contributed by atoms with E-state index in [-0.39, 0.29) is 18.4 Å². The van der Waals surface area contributed by atoms with Gasteiger partial charge in [0.15, 0.2) is 0 Å². The van der Waals surface area contributed by atoms with Crippen LogP contribution in [0.4, 0.5) is 0 Å². The SMILES string of the molecule is CC1CCNC(CC(=O)O)C(=O)N1C1CCCCC1. The fourth-order valence-corrected chi connectivity index (χ4v) is 3.32. The first-order valence-electron chi connectivity index (χ1n) is 7.37. The molecule has 0 radical (unpaired) electrons. The number of nitrogens with one attached hydrogen (secondary N) is 1. The smallest absolute Gasteiger partial charge is 0.305 e. The molecule has 0 bridgehead atoms. The second kappa shape index (κ2) is 6.37. The highest BCUT2D eigenvalue weighted by Gasteiger charge is 2.36. The molecule has 1 saturated heterocycles. The normalized spacial score (nSPS) is 30.2. The molecule has 2 unspecified atom stereocenters. The first-order valence-corrected chi connectivity index (χ1v) is 7.37. The van der Waals surface area contributed by atoms with Crippen LogP contribution in [0.3, 0.4) is 0 Å². The van der Waals surface area contributed by atoms with Crippen molar-refractivity contribution in [3.63, 3.8) is 0 Å². The molecule has 0 spiro atoms. The molecule has 1 heterocycles. The third-order valence-electron chi connectivity index (χ3n) is 4.33. The fraction of sp³-hybridized carbons (Fsp3) is 0.857. The monoisotopic (exact) mass is 268 g/mol. The molecule has 0 aromatic rings. The Hall–Kier alpha value is -1.10. The molecule has 1 aliphatic carbocycles. The van der Waals surface area contributed by atoms with Crippen molar-refractivity contribution in [1.29, 1.82) is 0 Å². The second-order valence-corrected chi connectivity index (χ2v) is 5.78. The molecular weight excluding hydrogens is 244 g/mol. The molecule has 0 aromatic heterocycles. The summed E-state index contributed by atoms with van der Waals surface area (Å²) >= 11 is 0. The van der Waals surface area contributed by atoms with Crippen LogP contribution in [0.1, 0.15) is 51.9 Å². The van der Waals surface area contributed by atoms with Crippen molar-refractivity contribution in [1.82, 2.24) is 10.2 Å². The van der Waals surface area contributed by atoms with Crippen LogP contribution >= 0.6 is 0 Å². The van der Waals surface area contributed by atoms with Crippen LogP contribution in [0.25, 0.3) is 0 Å². The number of carbonyl (C=O) groups excluding carboxylic acids is 1. The number of hydrogen-bond donors (Lipinski definition) is 2. The third kappa shape index (κ3) is 3.47. The van der Waals surface area contributed by atoms with Crippen LogP contribution in [0.15, 0.2) is 0 Å². The first-order chi connectivity index (χ1) is 9.09. The maximum Gasteiger partial charge on any atom is 0.305 e. The summed E-state index contributed by atoms with van der Waals surface area (Å²) in [7, 11) is 0. The number of carboxylic acid groups (broad SMARTS) is 1. The highest BCUT2D eigenvalue weighted by Crippen LogP contribution is 2.27. The fourth-order valence-electron chi connectivity index (χ4n) is 3.32. The van der Waals surface area contributed by atoms with E-state index in [1.807, 2.05) is 4.90 Å². The van der Waals surface area contributed by atoms with Crippen molar-refractivity contribution >= 4 is 11.9 Å². The van der Waals surface area contributed by atoms with E-state index in [1.165, 1.54) is 19.3 Å². The zero-order valence-electron chi connectivity index (χ0n) is 11.6. The molecule has 2 atom stereocenters. The Balaban J connectivity index is 2.11. The minimum Gasteiger partial charge on any atom is -0.481 e. The Kier molecular flexibility index (Phi) is 4.80. The zero-order chi connectivity index (χ0) is 13.8. The van der Waals surface area contributed by atoms with Crippen LogP contribution in [0.2, 0.25) is 0 Å². The van der Waals surface area contributed by atoms with Gasteiger partial charge in [0, 0.05) is 12.1 Å². The summed E-state index contributed by atoms with van der Waals surface area (Å²) < 4.78 is 0. The molecule has 2 aliphatic rings. The van der Waals surface area contributed by atoms with Crippen molar-refractivity contribution in [3.8, 4) is 0 Å². The van der Waals surface area contributed by atoms with Gasteiger partial charge >= 0.3 is 5.97 Å². The maximum absolute atomic E-state index is 12.6. The largest absolute Gasteiger partial charge is 0.481 e. The van der Waals surface area contributed by atoms with E-state index in [1.54, 1.807) is 0 Å². The summed E-state index contributed by atoms with van der Waals surface area (Å²) in [6, 6.07) is -0.0290. The number of rotatable bonds is 3. The second-order valence-electron chi connectivity index (χ2n) is 5.78. The highest BCUT2D eigenvalue weighted by molar-refractivity contribution is 5.87. The average molecular weight is 268 g/mol. The van der Waals surface area contributed by atoms with Gasteiger partial charge in [0.2, 0.25) is 5.91 Å². The number of amides is 1. The lowest BCUT2D eigenvalue weighted by atomic mass is 9.92. The third-order valence-corrected chi connectivity index (χ3v) is 4.33. The molecule has 2 fully saturated rings. The number of carboxylic acids is 1. The van der Waals surface area contributed by atoms with Gasteiger partial charge in [-0.25, -0.2) is 0 Å². The van der Waals surface area contributed by atoms with Gasteiger partial charge in [-0.1, -0.05) is 19.3 Å². The standard InChI is InChI=1S/C14H24N2O3/c1-10-7-8-15-12(9-13(17)18)14(19)16(10)11-5-3-2-4-6-11/h10-12,15H,2-9H2,1H3,(H,17,18). The molecule has 0 aromatic carbocycles. The molecule has 1 saturated carbocycles. The Labute approximate surface area is 114 Å². The van der Waals surface area contributed by atoms with Crippen LogP contribution < -0.4 is 5.32 Å². The molecule has 5 heteroatoms. The van der Waals surface area contributed by atoms with Gasteiger partial charge in [0.25, 0.3) is 0 Å². The maximum atomic E-state index is 12.6. The molecule has 1 amide bonds. The lowest BCUT2D eigenvalue weighted by Crippen LogP contribution is -2.51. The van der Waals surface area contributed by atoms with E-state index < -0.39 is 12.0 Å². The lowest BCUT2D eigenvalue weighted by molar-refractivity contribution is -0.144. The van der Waals surface area contributed by atoms with E-state index in [2.05, 4.69) is 12.2 Å². The quantitative estimate of drug-likeness (QED) is 0.811. The molecule has 108 valence electrons. The minimum absolute atomic E-state index is 0.0145. The zero-order valence-corrected chi connectivity index (χ0v) is 11.6. The van der Waals surface area contributed by atoms with Crippen LogP contribution in [0.5, 0.6) is 0 Å². The Morgan fingerprint density at radius 1 is 1.32 bits per heavy atom. The van der Waals surface area contributed by atoms with E-state index in [4.69, 9.17) is 5.11 Å². The first kappa shape index (κ1) is 14.3. The van der Waals surface area contributed by atoms with Crippen LogP contribution in [-0.4, -0.2) is 46.6 Å². The number of nitrogens with zero attached hydrogens (tertiary/aromatic N) is 1. The highest BCUT2D eigenvalue weighted by atomic mass is 16.4. The van der Waals surface area contributed by atoms with E-state index in [0.717, 1.165) is 19.3 Å². The lowest BCUT2D eigenvalue weighted by Gasteiger charge is -2.38. The van der Waals surface area contributed by atoms with Crippen molar-refractivity contribution in [2.24, 2.45) is 0 Å². The van der Waals surface area contributed by atoms with Crippen molar-refractivity contribution in [3.05, 3.63) is 0 Å². The molecule has 2 rings (SSSR count). The van der Waals surface area contributed by atoms with Gasteiger partial charge in [-0.2, -0.15) is 0 Å². The average Bonchev–Trinajstić information content (AvgIpc) is 2.50. The summed E-state index contributed by atoms with van der Waals surface area (Å²) in [6.07, 6.45) is 6.53. The van der Waals surface area contributed by atoms with Gasteiger partial charge < -0.3 is 15.3 Å². The van der Waals surface area contributed by atoms with Gasteiger partial charge in [-0.3, -0.25) is 9.59 Å². The topological polar surface area (TPSA) is 69.6 Å². The number of hydrogen-bond acceptors (Lipinski definition) is 3. The predicted octanol–water partition coefficient (Wildman–Crippen LogP) is 1.37. The molecule has 19 heavy (non-hydrogen) atoms.